The average Bonchev–Trinajstić information content (AvgIpc) is 3.35. The van der Waals surface area contributed by atoms with Crippen LogP contribution in [0.25, 0.3) is 16.9 Å². The lowest BCUT2D eigenvalue weighted by Gasteiger charge is -2.38. The molecule has 11 heteroatoms. The Morgan fingerprint density at radius 1 is 1.13 bits per heavy atom. The van der Waals surface area contributed by atoms with E-state index in [1.165, 1.54) is 24.7 Å². The number of amides is 1. The van der Waals surface area contributed by atoms with Crippen LogP contribution in [0, 0.1) is 18.7 Å². The van der Waals surface area contributed by atoms with Crippen molar-refractivity contribution in [1.29, 1.82) is 0 Å². The van der Waals surface area contributed by atoms with E-state index in [4.69, 9.17) is 4.74 Å². The minimum absolute atomic E-state index is 0.0518. The molecule has 3 atom stereocenters. The second-order valence-corrected chi connectivity index (χ2v) is 10.7. The van der Waals surface area contributed by atoms with Crippen molar-refractivity contribution in [3.8, 4) is 16.9 Å². The Bertz CT molecular complexity index is 1370. The van der Waals surface area contributed by atoms with Gasteiger partial charge >= 0.3 is 0 Å². The van der Waals surface area contributed by atoms with Gasteiger partial charge in [0.15, 0.2) is 0 Å². The minimum Gasteiger partial charge on any atom is -0.380 e. The van der Waals surface area contributed by atoms with Crippen molar-refractivity contribution in [3.05, 3.63) is 59.8 Å². The van der Waals surface area contributed by atoms with Crippen molar-refractivity contribution < 1.29 is 22.7 Å². The van der Waals surface area contributed by atoms with Crippen LogP contribution in [0.4, 0.5) is 18.9 Å². The van der Waals surface area contributed by atoms with Gasteiger partial charge in [-0.25, -0.2) is 18.7 Å². The molecule has 0 spiro atoms. The van der Waals surface area contributed by atoms with E-state index in [-0.39, 0.29) is 23.2 Å². The maximum absolute atomic E-state index is 15.0. The highest BCUT2D eigenvalue weighted by Crippen LogP contribution is 2.29. The van der Waals surface area contributed by atoms with Gasteiger partial charge in [0.1, 0.15) is 12.0 Å². The van der Waals surface area contributed by atoms with Gasteiger partial charge in [-0.15, -0.1) is 0 Å². The van der Waals surface area contributed by atoms with E-state index < -0.39 is 29.9 Å². The van der Waals surface area contributed by atoms with E-state index in [1.807, 2.05) is 0 Å². The smallest absolute Gasteiger partial charge is 0.254 e. The Balaban J connectivity index is 1.19. The van der Waals surface area contributed by atoms with Gasteiger partial charge in [0, 0.05) is 38.0 Å². The van der Waals surface area contributed by atoms with Gasteiger partial charge in [0.25, 0.3) is 5.91 Å². The van der Waals surface area contributed by atoms with Gasteiger partial charge in [-0.05, 0) is 56.4 Å². The summed E-state index contributed by atoms with van der Waals surface area (Å²) in [5, 5.41) is 5.99. The molecule has 3 fully saturated rings. The molecule has 4 heterocycles. The predicted molar refractivity (Wildman–Crippen MR) is 140 cm³/mol. The van der Waals surface area contributed by atoms with Crippen LogP contribution in [0.2, 0.25) is 0 Å². The number of aromatic nitrogens is 3. The Hall–Kier alpha value is -3.44. The second kappa shape index (κ2) is 10.6. The number of nitrogens with one attached hydrogen (secondary N) is 2. The molecule has 2 N–H and O–H groups in total. The fourth-order valence-corrected chi connectivity index (χ4v) is 5.35. The molecule has 2 saturated heterocycles. The van der Waals surface area contributed by atoms with Gasteiger partial charge in [-0.1, -0.05) is 0 Å². The van der Waals surface area contributed by atoms with E-state index in [1.54, 1.807) is 23.8 Å². The number of rotatable bonds is 7. The molecule has 3 aliphatic rings. The van der Waals surface area contributed by atoms with Gasteiger partial charge < -0.3 is 19.9 Å². The summed E-state index contributed by atoms with van der Waals surface area (Å²) in [5.41, 5.74) is 2.06. The molecular weight excluding hydrogens is 509 g/mol. The monoisotopic (exact) mass is 540 g/mol. The fourth-order valence-electron chi connectivity index (χ4n) is 5.35. The molecule has 0 radical (unpaired) electrons. The quantitative estimate of drug-likeness (QED) is 0.441. The van der Waals surface area contributed by atoms with Crippen LogP contribution >= 0.6 is 0 Å². The summed E-state index contributed by atoms with van der Waals surface area (Å²) in [6, 6.07) is 4.31. The number of likely N-dealkylation sites (tertiary alicyclic amines) is 1. The summed E-state index contributed by atoms with van der Waals surface area (Å²) < 4.78 is 51.5. The van der Waals surface area contributed by atoms with Crippen LogP contribution in [0.3, 0.4) is 0 Å². The van der Waals surface area contributed by atoms with Crippen molar-refractivity contribution in [2.45, 2.75) is 56.9 Å². The molecule has 0 bridgehead atoms. The molecular formula is C28H31F3N6O2. The topological polar surface area (TPSA) is 84.3 Å². The third kappa shape index (κ3) is 5.51. The van der Waals surface area contributed by atoms with Crippen LogP contribution in [0.5, 0.6) is 0 Å². The van der Waals surface area contributed by atoms with Crippen LogP contribution in [-0.2, 0) is 4.74 Å². The number of nitrogens with zero attached hydrogens (tertiary/aromatic N) is 4. The summed E-state index contributed by atoms with van der Waals surface area (Å²) >= 11 is 0. The van der Waals surface area contributed by atoms with Crippen LogP contribution < -0.4 is 10.6 Å². The van der Waals surface area contributed by atoms with Gasteiger partial charge in [0.05, 0.1) is 53.4 Å². The van der Waals surface area contributed by atoms with E-state index in [0.717, 1.165) is 32.4 Å². The summed E-state index contributed by atoms with van der Waals surface area (Å²) in [6.07, 6.45) is 6.69. The zero-order chi connectivity index (χ0) is 27.1. The fraction of sp³-hybridized carbons (Fsp3) is 0.464. The number of anilines is 1. The Morgan fingerprint density at radius 2 is 1.97 bits per heavy atom. The Labute approximate surface area is 224 Å². The van der Waals surface area contributed by atoms with Crippen LogP contribution in [0.15, 0.2) is 36.9 Å². The number of carbonyl (C=O) groups is 1. The first-order chi connectivity index (χ1) is 18.9. The summed E-state index contributed by atoms with van der Waals surface area (Å²) in [4.78, 5) is 22.9. The third-order valence-electron chi connectivity index (χ3n) is 7.77. The van der Waals surface area contributed by atoms with Crippen LogP contribution in [-0.4, -0.2) is 75.9 Å². The van der Waals surface area contributed by atoms with Crippen molar-refractivity contribution in [2.75, 3.05) is 31.6 Å². The maximum atomic E-state index is 15.0. The zero-order valence-corrected chi connectivity index (χ0v) is 21.7. The second-order valence-electron chi connectivity index (χ2n) is 10.7. The largest absolute Gasteiger partial charge is 0.380 e. The van der Waals surface area contributed by atoms with Gasteiger partial charge in [0.2, 0.25) is 5.95 Å². The van der Waals surface area contributed by atoms with Crippen LogP contribution in [0.1, 0.15) is 41.6 Å². The first-order valence-corrected chi connectivity index (χ1v) is 13.4. The highest BCUT2D eigenvalue weighted by Gasteiger charge is 2.34. The Kier molecular flexibility index (Phi) is 7.03. The number of ether oxygens (including phenoxy) is 1. The SMILES string of the molecule is Cc1cc(F)c(C(=O)NC2CC2)cc1-n1cnc(-c2cc(N[C@H]3CCN(C4CCOC4)C[C@H]3F)cnc2F)c1. The predicted octanol–water partition coefficient (Wildman–Crippen LogP) is 4.03. The lowest BCUT2D eigenvalue weighted by molar-refractivity contribution is 0.0789. The van der Waals surface area contributed by atoms with E-state index in [9.17, 15) is 13.6 Å². The van der Waals surface area contributed by atoms with Crippen molar-refractivity contribution >= 4 is 11.6 Å². The average molecular weight is 541 g/mol. The van der Waals surface area contributed by atoms with E-state index >= 15 is 4.39 Å². The lowest BCUT2D eigenvalue weighted by atomic mass is 10.0. The number of alkyl halides is 1. The number of halogens is 3. The molecule has 1 saturated carbocycles. The first kappa shape index (κ1) is 25.8. The standard InChI is InChI=1S/C28H31F3N6O2/c1-16-8-22(29)20(28(38)35-17-2-3-17)10-26(16)37-13-25(33-15-37)21-9-18(11-32-27(21)31)34-24-4-6-36(12-23(24)30)19-5-7-39-14-19/h8-11,13,15,17,19,23-24,34H,2-7,12,14H2,1H3,(H,35,38)/t19?,23-,24+/m1/s1. The highest BCUT2D eigenvalue weighted by atomic mass is 19.1. The van der Waals surface area contributed by atoms with Gasteiger partial charge in [-0.2, -0.15) is 4.39 Å². The molecule has 6 rings (SSSR count). The number of hydrogen-bond donors (Lipinski definition) is 2. The molecule has 206 valence electrons. The van der Waals surface area contributed by atoms with Crippen molar-refractivity contribution in [1.82, 2.24) is 24.8 Å². The number of imidazole rings is 1. The maximum Gasteiger partial charge on any atom is 0.254 e. The van der Waals surface area contributed by atoms with E-state index in [0.29, 0.717) is 42.2 Å². The number of hydrogen-bond acceptors (Lipinski definition) is 6. The van der Waals surface area contributed by atoms with Crippen molar-refractivity contribution in [3.63, 3.8) is 0 Å². The normalized spacial score (nSPS) is 23.6. The summed E-state index contributed by atoms with van der Waals surface area (Å²) in [7, 11) is 0. The highest BCUT2D eigenvalue weighted by molar-refractivity contribution is 5.95. The number of piperidine rings is 1. The molecule has 1 unspecified atom stereocenters. The number of aryl methyl sites for hydroxylation is 1. The molecule has 2 aliphatic heterocycles. The first-order valence-electron chi connectivity index (χ1n) is 13.4. The molecule has 39 heavy (non-hydrogen) atoms. The zero-order valence-electron chi connectivity index (χ0n) is 21.7. The molecule has 1 amide bonds. The van der Waals surface area contributed by atoms with E-state index in [2.05, 4.69) is 25.5 Å². The lowest BCUT2D eigenvalue weighted by Crippen LogP contribution is -2.51. The van der Waals surface area contributed by atoms with Gasteiger partial charge in [-0.3, -0.25) is 9.69 Å². The summed E-state index contributed by atoms with van der Waals surface area (Å²) in [6.45, 7) is 4.18. The summed E-state index contributed by atoms with van der Waals surface area (Å²) in [5.74, 6) is -1.77. The molecule has 1 aliphatic carbocycles. The Morgan fingerprint density at radius 3 is 2.72 bits per heavy atom. The molecule has 8 nitrogen and oxygen atoms in total. The number of pyridine rings is 1. The third-order valence-corrected chi connectivity index (χ3v) is 7.77. The number of carbonyl (C=O) groups excluding carboxylic acids is 1. The molecule has 3 aromatic rings. The molecule has 1 aromatic carbocycles. The minimum atomic E-state index is -1.08. The number of benzene rings is 1. The van der Waals surface area contributed by atoms with Crippen molar-refractivity contribution in [2.24, 2.45) is 0 Å². The molecule has 2 aromatic heterocycles.